The van der Waals surface area contributed by atoms with Gasteiger partial charge in [0.25, 0.3) is 21.6 Å². The van der Waals surface area contributed by atoms with Gasteiger partial charge in [0.1, 0.15) is 15.5 Å². The molecule has 1 aromatic heterocycles. The van der Waals surface area contributed by atoms with Gasteiger partial charge in [-0.1, -0.05) is 48.0 Å². The van der Waals surface area contributed by atoms with E-state index in [0.29, 0.717) is 5.56 Å². The van der Waals surface area contributed by atoms with Gasteiger partial charge in [-0.3, -0.25) is 19.6 Å². The van der Waals surface area contributed by atoms with E-state index < -0.39 is 38.7 Å². The third-order valence-electron chi connectivity index (χ3n) is 5.22. The van der Waals surface area contributed by atoms with Crippen LogP contribution in [0.4, 0.5) is 17.1 Å². The number of non-ortho nitro benzene ring substituents is 1. The van der Waals surface area contributed by atoms with Crippen LogP contribution in [0.15, 0.2) is 88.5 Å². The second-order valence-electron chi connectivity index (χ2n) is 7.88. The maximum atomic E-state index is 13.1. The molecule has 1 unspecified atom stereocenters. The van der Waals surface area contributed by atoms with Crippen molar-refractivity contribution in [1.82, 2.24) is 0 Å². The predicted octanol–water partition coefficient (Wildman–Crippen LogP) is 5.35. The molecular weight excluding hydrogens is 570 g/mol. The fourth-order valence-corrected chi connectivity index (χ4v) is 5.64. The molecule has 1 heterocycles. The molecule has 4 aromatic rings. The minimum absolute atomic E-state index is 0.00242. The van der Waals surface area contributed by atoms with Crippen molar-refractivity contribution >= 4 is 61.9 Å². The zero-order valence-electron chi connectivity index (χ0n) is 19.6. The lowest BCUT2D eigenvalue weighted by Crippen LogP contribution is -2.26. The standard InChI is InChI=1S/C25H18ClN3O8S2/c26-19-14-17(29(33)34)9-11-20(19)27-24(31)23(15-5-2-1-3-6-15)37-25(32)18-10-8-16(13-21(18)30)28-39(35,36)22-7-4-12-38-22/h1-14,23,28,30H,(H,27,31). The van der Waals surface area contributed by atoms with Crippen molar-refractivity contribution in [2.24, 2.45) is 0 Å². The van der Waals surface area contributed by atoms with E-state index in [9.17, 15) is 33.2 Å². The Hall–Kier alpha value is -4.46. The number of phenolic OH excluding ortho intramolecular Hbond substituents is 1. The van der Waals surface area contributed by atoms with Crippen LogP contribution in [0.5, 0.6) is 5.75 Å². The van der Waals surface area contributed by atoms with E-state index in [1.54, 1.807) is 29.6 Å². The van der Waals surface area contributed by atoms with Crippen LogP contribution >= 0.6 is 22.9 Å². The number of nitrogens with zero attached hydrogens (tertiary/aromatic N) is 1. The van der Waals surface area contributed by atoms with Gasteiger partial charge in [0.05, 0.1) is 21.3 Å². The van der Waals surface area contributed by atoms with Gasteiger partial charge in [0.15, 0.2) is 0 Å². The Labute approximate surface area is 230 Å². The minimum atomic E-state index is -3.89. The molecule has 0 aliphatic rings. The number of hydrogen-bond donors (Lipinski definition) is 3. The summed E-state index contributed by atoms with van der Waals surface area (Å²) in [5.74, 6) is -2.47. The number of nitro groups is 1. The number of phenols is 1. The maximum Gasteiger partial charge on any atom is 0.343 e. The van der Waals surface area contributed by atoms with E-state index in [4.69, 9.17) is 16.3 Å². The fourth-order valence-electron chi connectivity index (χ4n) is 3.38. The summed E-state index contributed by atoms with van der Waals surface area (Å²) in [5, 5.41) is 25.4. The molecule has 4 rings (SSSR count). The Morgan fingerprint density at radius 3 is 2.38 bits per heavy atom. The number of carbonyl (C=O) groups excluding carboxylic acids is 2. The first kappa shape index (κ1) is 27.6. The van der Waals surface area contributed by atoms with Crippen molar-refractivity contribution in [3.05, 3.63) is 111 Å². The lowest BCUT2D eigenvalue weighted by molar-refractivity contribution is -0.384. The maximum absolute atomic E-state index is 13.1. The highest BCUT2D eigenvalue weighted by Gasteiger charge is 2.28. The van der Waals surface area contributed by atoms with Gasteiger partial charge in [-0.25, -0.2) is 13.2 Å². The molecule has 0 aliphatic carbocycles. The van der Waals surface area contributed by atoms with Crippen molar-refractivity contribution in [3.63, 3.8) is 0 Å². The summed E-state index contributed by atoms with van der Waals surface area (Å²) in [5.41, 5.74) is -0.255. The van der Waals surface area contributed by atoms with Crippen molar-refractivity contribution in [2.45, 2.75) is 10.3 Å². The average Bonchev–Trinajstić information content (AvgIpc) is 3.45. The zero-order chi connectivity index (χ0) is 28.2. The molecule has 39 heavy (non-hydrogen) atoms. The Morgan fingerprint density at radius 2 is 1.77 bits per heavy atom. The summed E-state index contributed by atoms with van der Waals surface area (Å²) in [6, 6.07) is 17.9. The van der Waals surface area contributed by atoms with Gasteiger partial charge < -0.3 is 15.2 Å². The number of halogens is 1. The molecule has 0 radical (unpaired) electrons. The van der Waals surface area contributed by atoms with E-state index in [-0.39, 0.29) is 31.9 Å². The first-order chi connectivity index (χ1) is 18.5. The summed E-state index contributed by atoms with van der Waals surface area (Å²) in [7, 11) is -3.89. The molecule has 3 N–H and O–H groups in total. The molecule has 0 spiro atoms. The van der Waals surface area contributed by atoms with Crippen molar-refractivity contribution < 1.29 is 32.8 Å². The van der Waals surface area contributed by atoms with Gasteiger partial charge in [0.2, 0.25) is 6.10 Å². The molecule has 11 nitrogen and oxygen atoms in total. The predicted molar refractivity (Wildman–Crippen MR) is 145 cm³/mol. The van der Waals surface area contributed by atoms with Gasteiger partial charge in [-0.05, 0) is 29.6 Å². The van der Waals surface area contributed by atoms with Crippen LogP contribution in [0.3, 0.4) is 0 Å². The van der Waals surface area contributed by atoms with Gasteiger partial charge in [-0.15, -0.1) is 11.3 Å². The van der Waals surface area contributed by atoms with Crippen molar-refractivity contribution in [3.8, 4) is 5.75 Å². The lowest BCUT2D eigenvalue weighted by atomic mass is 10.1. The second-order valence-corrected chi connectivity index (χ2v) is 11.1. The van der Waals surface area contributed by atoms with Crippen LogP contribution in [0.1, 0.15) is 22.0 Å². The quantitative estimate of drug-likeness (QED) is 0.134. The zero-order valence-corrected chi connectivity index (χ0v) is 22.0. The fraction of sp³-hybridized carbons (Fsp3) is 0.0400. The van der Waals surface area contributed by atoms with E-state index >= 15 is 0 Å². The molecule has 0 saturated carbocycles. The number of hydrogen-bond acceptors (Lipinski definition) is 9. The highest BCUT2D eigenvalue weighted by atomic mass is 35.5. The van der Waals surface area contributed by atoms with Crippen molar-refractivity contribution in [1.29, 1.82) is 0 Å². The van der Waals surface area contributed by atoms with Crippen LogP contribution in [-0.2, 0) is 19.6 Å². The summed E-state index contributed by atoms with van der Waals surface area (Å²) in [4.78, 5) is 36.4. The summed E-state index contributed by atoms with van der Waals surface area (Å²) in [6.45, 7) is 0. The number of anilines is 2. The molecule has 0 fully saturated rings. The number of aromatic hydroxyl groups is 1. The highest BCUT2D eigenvalue weighted by molar-refractivity contribution is 7.94. The Bertz CT molecular complexity index is 1650. The van der Waals surface area contributed by atoms with Crippen LogP contribution in [0.2, 0.25) is 5.02 Å². The molecule has 0 aliphatic heterocycles. The minimum Gasteiger partial charge on any atom is -0.507 e. The molecule has 1 atom stereocenters. The van der Waals surface area contributed by atoms with Gasteiger partial charge in [-0.2, -0.15) is 0 Å². The van der Waals surface area contributed by atoms with E-state index in [1.807, 2.05) is 0 Å². The number of nitro benzene ring substituents is 1. The number of nitrogens with one attached hydrogen (secondary N) is 2. The van der Waals surface area contributed by atoms with Gasteiger partial charge in [0, 0.05) is 23.8 Å². The Balaban J connectivity index is 1.55. The molecule has 1 amide bonds. The SMILES string of the molecule is O=C(OC(C(=O)Nc1ccc([N+](=O)[O-])cc1Cl)c1ccccc1)c1ccc(NS(=O)(=O)c2cccs2)cc1O. The third kappa shape index (κ3) is 6.52. The van der Waals surface area contributed by atoms with Gasteiger partial charge >= 0.3 is 5.97 Å². The number of sulfonamides is 1. The molecule has 0 bridgehead atoms. The Kier molecular flexibility index (Phi) is 8.14. The number of thiophene rings is 1. The van der Waals surface area contributed by atoms with Crippen LogP contribution < -0.4 is 10.0 Å². The number of benzene rings is 3. The van der Waals surface area contributed by atoms with Crippen LogP contribution in [0.25, 0.3) is 0 Å². The third-order valence-corrected chi connectivity index (χ3v) is 8.31. The summed E-state index contributed by atoms with van der Waals surface area (Å²) < 4.78 is 32.7. The second kappa shape index (κ2) is 11.5. The van der Waals surface area contributed by atoms with Crippen molar-refractivity contribution in [2.75, 3.05) is 10.0 Å². The summed E-state index contributed by atoms with van der Waals surface area (Å²) >= 11 is 7.08. The van der Waals surface area contributed by atoms with E-state index in [0.717, 1.165) is 35.6 Å². The smallest absolute Gasteiger partial charge is 0.343 e. The van der Waals surface area contributed by atoms with Crippen LogP contribution in [-0.4, -0.2) is 30.3 Å². The van der Waals surface area contributed by atoms with E-state index in [1.165, 1.54) is 30.3 Å². The first-order valence-corrected chi connectivity index (χ1v) is 13.7. The number of rotatable bonds is 9. The number of carbonyl (C=O) groups is 2. The first-order valence-electron chi connectivity index (χ1n) is 11.0. The van der Waals surface area contributed by atoms with E-state index in [2.05, 4.69) is 10.0 Å². The number of amides is 1. The molecule has 200 valence electrons. The molecule has 3 aromatic carbocycles. The Morgan fingerprint density at radius 1 is 1.03 bits per heavy atom. The van der Waals surface area contributed by atoms with Crippen LogP contribution in [0, 0.1) is 10.1 Å². The topological polar surface area (TPSA) is 165 Å². The number of ether oxygens (including phenoxy) is 1. The molecule has 0 saturated heterocycles. The summed E-state index contributed by atoms with van der Waals surface area (Å²) in [6.07, 6.45) is -1.50. The largest absolute Gasteiger partial charge is 0.507 e. The average molecular weight is 588 g/mol. The molecule has 14 heteroatoms. The molecular formula is C25H18ClN3O8S2. The lowest BCUT2D eigenvalue weighted by Gasteiger charge is -2.19. The highest BCUT2D eigenvalue weighted by Crippen LogP contribution is 2.31. The normalized spacial score (nSPS) is 11.8. The monoisotopic (exact) mass is 587 g/mol. The number of esters is 1.